The molecule has 3 aromatic rings. The summed E-state index contributed by atoms with van der Waals surface area (Å²) < 4.78 is 9.22. The fourth-order valence-electron chi connectivity index (χ4n) is 4.75. The van der Waals surface area contributed by atoms with Crippen LogP contribution in [-0.2, 0) is 11.8 Å². The number of hydrogen-bond donors (Lipinski definition) is 0. The number of piperidine rings is 1. The number of hydrogen-bond acceptors (Lipinski definition) is 4. The molecule has 2 atom stereocenters. The van der Waals surface area contributed by atoms with Crippen molar-refractivity contribution in [2.24, 2.45) is 13.0 Å². The van der Waals surface area contributed by atoms with Gasteiger partial charge < -0.3 is 4.74 Å². The summed E-state index contributed by atoms with van der Waals surface area (Å²) in [5, 5.41) is 10.8. The van der Waals surface area contributed by atoms with Crippen molar-refractivity contribution >= 4 is 22.5 Å². The van der Waals surface area contributed by atoms with E-state index in [1.807, 2.05) is 30.3 Å². The minimum Gasteiger partial charge on any atom is -0.377 e. The van der Waals surface area contributed by atoms with Crippen LogP contribution in [0.2, 0.25) is 5.02 Å². The number of likely N-dealkylation sites (tertiary alicyclic amines) is 1. The first-order valence-electron chi connectivity index (χ1n) is 9.94. The van der Waals surface area contributed by atoms with Crippen LogP contribution in [-0.4, -0.2) is 56.3 Å². The van der Waals surface area contributed by atoms with Gasteiger partial charge in [-0.25, -0.2) is 4.68 Å². The third-order valence-corrected chi connectivity index (χ3v) is 6.84. The lowest BCUT2D eigenvalue weighted by Gasteiger charge is -2.51. The Morgan fingerprint density at radius 3 is 2.68 bits per heavy atom. The molecule has 0 aliphatic carbocycles. The molecule has 6 nitrogen and oxygen atoms in total. The zero-order valence-corrected chi connectivity index (χ0v) is 17.4. The fourth-order valence-corrected chi connectivity index (χ4v) is 5.06. The summed E-state index contributed by atoms with van der Waals surface area (Å²) in [6, 6.07) is 4.30. The van der Waals surface area contributed by atoms with Crippen molar-refractivity contribution in [1.29, 1.82) is 0 Å². The van der Waals surface area contributed by atoms with Gasteiger partial charge in [0.2, 0.25) is 0 Å². The second kappa shape index (κ2) is 6.58. The molecule has 0 N–H and O–H groups in total. The maximum Gasteiger partial charge on any atom is 0.103 e. The molecule has 0 saturated carbocycles. The zero-order valence-electron chi connectivity index (χ0n) is 16.6. The SMILES string of the molecule is CC1CN(C2(C)COC2)CC[C@@H]1c1cc2c(cnn2-c2cnn(C)c2)cc1Cl. The van der Waals surface area contributed by atoms with E-state index < -0.39 is 0 Å². The molecule has 0 bridgehead atoms. The molecule has 2 saturated heterocycles. The van der Waals surface area contributed by atoms with Crippen molar-refractivity contribution in [1.82, 2.24) is 24.5 Å². The van der Waals surface area contributed by atoms with E-state index in [9.17, 15) is 0 Å². The van der Waals surface area contributed by atoms with Crippen molar-refractivity contribution in [2.75, 3.05) is 26.3 Å². The minimum absolute atomic E-state index is 0.214. The molecule has 2 aliphatic rings. The Morgan fingerprint density at radius 1 is 1.21 bits per heavy atom. The molecule has 7 heteroatoms. The van der Waals surface area contributed by atoms with E-state index in [-0.39, 0.29) is 5.54 Å². The molecule has 4 heterocycles. The van der Waals surface area contributed by atoms with Gasteiger partial charge in [0, 0.05) is 24.0 Å². The van der Waals surface area contributed by atoms with Crippen LogP contribution in [0, 0.1) is 5.92 Å². The predicted octanol–water partition coefficient (Wildman–Crippen LogP) is 3.63. The van der Waals surface area contributed by atoms with Gasteiger partial charge in [-0.3, -0.25) is 9.58 Å². The third kappa shape index (κ3) is 2.86. The molecule has 2 fully saturated rings. The number of rotatable bonds is 3. The molecule has 5 rings (SSSR count). The number of benzene rings is 1. The number of nitrogens with zero attached hydrogens (tertiary/aromatic N) is 5. The molecule has 28 heavy (non-hydrogen) atoms. The van der Waals surface area contributed by atoms with Crippen molar-refractivity contribution < 1.29 is 4.74 Å². The summed E-state index contributed by atoms with van der Waals surface area (Å²) in [5.41, 5.74) is 3.50. The molecule has 0 radical (unpaired) electrons. The van der Waals surface area contributed by atoms with Crippen LogP contribution in [0.1, 0.15) is 31.7 Å². The third-order valence-electron chi connectivity index (χ3n) is 6.52. The summed E-state index contributed by atoms with van der Waals surface area (Å²) >= 11 is 6.74. The quantitative estimate of drug-likeness (QED) is 0.674. The Labute approximate surface area is 170 Å². The summed E-state index contributed by atoms with van der Waals surface area (Å²) in [4.78, 5) is 2.60. The molecular formula is C21H26ClN5O. The van der Waals surface area contributed by atoms with Gasteiger partial charge in [-0.2, -0.15) is 10.2 Å². The standard InChI is InChI=1S/C21H26ClN5O/c1-14-10-26(21(2)12-28-13-21)5-4-17(14)18-7-20-15(6-19(18)22)8-24-27(20)16-9-23-25(3)11-16/h6-9,11,14,17H,4-5,10,12-13H2,1-3H3/t14?,17-/m0/s1. The Kier molecular flexibility index (Phi) is 4.27. The van der Waals surface area contributed by atoms with Gasteiger partial charge in [0.25, 0.3) is 0 Å². The molecule has 0 spiro atoms. The first-order chi connectivity index (χ1) is 13.4. The lowest BCUT2D eigenvalue weighted by molar-refractivity contribution is -0.141. The van der Waals surface area contributed by atoms with Crippen molar-refractivity contribution in [2.45, 2.75) is 31.7 Å². The van der Waals surface area contributed by atoms with Gasteiger partial charge >= 0.3 is 0 Å². The Bertz CT molecular complexity index is 1020. The van der Waals surface area contributed by atoms with Crippen LogP contribution in [0.4, 0.5) is 0 Å². The molecule has 2 aliphatic heterocycles. The largest absolute Gasteiger partial charge is 0.377 e. The maximum absolute atomic E-state index is 6.74. The highest BCUT2D eigenvalue weighted by Gasteiger charge is 2.43. The number of fused-ring (bicyclic) bond motifs is 1. The summed E-state index contributed by atoms with van der Waals surface area (Å²) in [6.45, 7) is 8.53. The highest BCUT2D eigenvalue weighted by Crippen LogP contribution is 2.41. The van der Waals surface area contributed by atoms with Crippen molar-refractivity contribution in [3.8, 4) is 5.69 Å². The van der Waals surface area contributed by atoms with E-state index in [4.69, 9.17) is 16.3 Å². The number of aryl methyl sites for hydroxylation is 1. The highest BCUT2D eigenvalue weighted by atomic mass is 35.5. The first-order valence-corrected chi connectivity index (χ1v) is 10.3. The molecule has 1 unspecified atom stereocenters. The van der Waals surface area contributed by atoms with E-state index in [1.165, 1.54) is 5.56 Å². The lowest BCUT2D eigenvalue weighted by atomic mass is 9.79. The highest BCUT2D eigenvalue weighted by molar-refractivity contribution is 6.32. The number of ether oxygens (including phenoxy) is 1. The molecule has 1 aromatic carbocycles. The summed E-state index contributed by atoms with van der Waals surface area (Å²) in [5.74, 6) is 0.992. The van der Waals surface area contributed by atoms with Crippen LogP contribution < -0.4 is 0 Å². The number of aromatic nitrogens is 4. The summed E-state index contributed by atoms with van der Waals surface area (Å²) in [7, 11) is 1.92. The minimum atomic E-state index is 0.214. The maximum atomic E-state index is 6.74. The van der Waals surface area contributed by atoms with Gasteiger partial charge in [-0.1, -0.05) is 18.5 Å². The van der Waals surface area contributed by atoms with E-state index in [1.54, 1.807) is 4.68 Å². The first kappa shape index (κ1) is 18.2. The van der Waals surface area contributed by atoms with Gasteiger partial charge in [0.15, 0.2) is 0 Å². The van der Waals surface area contributed by atoms with E-state index in [0.717, 1.165) is 54.3 Å². The Morgan fingerprint density at radius 2 is 2.04 bits per heavy atom. The average Bonchev–Trinajstić information content (AvgIpc) is 3.24. The van der Waals surface area contributed by atoms with Crippen molar-refractivity contribution in [3.05, 3.63) is 41.3 Å². The number of halogens is 1. The molecule has 2 aromatic heterocycles. The zero-order chi connectivity index (χ0) is 19.5. The second-order valence-corrected chi connectivity index (χ2v) is 9.08. The molecular weight excluding hydrogens is 374 g/mol. The normalized spacial score (nSPS) is 25.1. The van der Waals surface area contributed by atoms with Gasteiger partial charge in [0.1, 0.15) is 5.69 Å². The van der Waals surface area contributed by atoms with Crippen molar-refractivity contribution in [3.63, 3.8) is 0 Å². The second-order valence-electron chi connectivity index (χ2n) is 8.67. The van der Waals surface area contributed by atoms with Gasteiger partial charge in [-0.15, -0.1) is 0 Å². The Hall–Kier alpha value is -1.89. The van der Waals surface area contributed by atoms with Crippen LogP contribution in [0.5, 0.6) is 0 Å². The van der Waals surface area contributed by atoms with E-state index in [0.29, 0.717) is 11.8 Å². The fraction of sp³-hybridized carbons (Fsp3) is 0.524. The molecule has 148 valence electrons. The Balaban J connectivity index is 1.48. The van der Waals surface area contributed by atoms with Crippen LogP contribution in [0.3, 0.4) is 0 Å². The van der Waals surface area contributed by atoms with Gasteiger partial charge in [-0.05, 0) is 49.4 Å². The lowest BCUT2D eigenvalue weighted by Crippen LogP contribution is -2.62. The van der Waals surface area contributed by atoms with E-state index >= 15 is 0 Å². The van der Waals surface area contributed by atoms with Crippen LogP contribution >= 0.6 is 11.6 Å². The summed E-state index contributed by atoms with van der Waals surface area (Å²) in [6.07, 6.45) is 6.80. The predicted molar refractivity (Wildman–Crippen MR) is 110 cm³/mol. The smallest absolute Gasteiger partial charge is 0.103 e. The van der Waals surface area contributed by atoms with Crippen LogP contribution in [0.15, 0.2) is 30.7 Å². The van der Waals surface area contributed by atoms with Gasteiger partial charge in [0.05, 0.1) is 42.9 Å². The van der Waals surface area contributed by atoms with E-state index in [2.05, 4.69) is 41.1 Å². The topological polar surface area (TPSA) is 48.1 Å². The monoisotopic (exact) mass is 399 g/mol. The molecule has 0 amide bonds. The average molecular weight is 400 g/mol. The van der Waals surface area contributed by atoms with Crippen LogP contribution in [0.25, 0.3) is 16.6 Å².